The zero-order valence-corrected chi connectivity index (χ0v) is 11.2. The number of rotatable bonds is 2. The highest BCUT2D eigenvalue weighted by Crippen LogP contribution is 2.43. The molecule has 0 aliphatic heterocycles. The molecule has 0 heterocycles. The molecule has 0 aromatic carbocycles. The lowest BCUT2D eigenvalue weighted by Crippen LogP contribution is -2.64. The predicted octanol–water partition coefficient (Wildman–Crippen LogP) is 2.70. The van der Waals surface area contributed by atoms with E-state index in [4.69, 9.17) is 0 Å². The summed E-state index contributed by atoms with van der Waals surface area (Å²) >= 11 is 0. The highest BCUT2D eigenvalue weighted by molar-refractivity contribution is 5.04. The summed E-state index contributed by atoms with van der Waals surface area (Å²) < 4.78 is 0. The third-order valence-corrected chi connectivity index (χ3v) is 5.13. The Morgan fingerprint density at radius 1 is 1.06 bits per heavy atom. The van der Waals surface area contributed by atoms with Gasteiger partial charge in [-0.3, -0.25) is 0 Å². The van der Waals surface area contributed by atoms with Gasteiger partial charge in [0.25, 0.3) is 0 Å². The van der Waals surface area contributed by atoms with Crippen molar-refractivity contribution in [2.24, 2.45) is 10.8 Å². The van der Waals surface area contributed by atoms with Crippen molar-refractivity contribution in [2.45, 2.75) is 78.0 Å². The number of aliphatic hydroxyl groups is 1. The van der Waals surface area contributed by atoms with Gasteiger partial charge in [-0.2, -0.15) is 0 Å². The molecule has 3 unspecified atom stereocenters. The second-order valence-electron chi connectivity index (χ2n) is 7.08. The van der Waals surface area contributed by atoms with Crippen molar-refractivity contribution >= 4 is 0 Å². The zero-order valence-electron chi connectivity index (χ0n) is 11.2. The van der Waals surface area contributed by atoms with Crippen molar-refractivity contribution in [3.05, 3.63) is 0 Å². The molecule has 2 aliphatic carbocycles. The maximum atomic E-state index is 9.77. The summed E-state index contributed by atoms with van der Waals surface area (Å²) in [4.78, 5) is 0. The van der Waals surface area contributed by atoms with Gasteiger partial charge < -0.3 is 10.4 Å². The van der Waals surface area contributed by atoms with E-state index in [9.17, 15) is 5.11 Å². The number of hydrogen-bond acceptors (Lipinski definition) is 2. The summed E-state index contributed by atoms with van der Waals surface area (Å²) in [6, 6.07) is 1.14. The standard InChI is InChI=1S/C14H27NO/c1-13(2)8-6-5-7-10(13)15-11-9-12(16)14(11,3)4/h10-12,15-16H,5-9H2,1-4H3. The van der Waals surface area contributed by atoms with Gasteiger partial charge in [0.1, 0.15) is 0 Å². The van der Waals surface area contributed by atoms with E-state index in [1.54, 1.807) is 0 Å². The van der Waals surface area contributed by atoms with Crippen LogP contribution in [0.5, 0.6) is 0 Å². The molecule has 0 radical (unpaired) electrons. The summed E-state index contributed by atoms with van der Waals surface area (Å²) in [6.45, 7) is 9.11. The van der Waals surface area contributed by atoms with Crippen molar-refractivity contribution in [1.82, 2.24) is 5.32 Å². The molecule has 2 N–H and O–H groups in total. The molecule has 2 aliphatic rings. The first kappa shape index (κ1) is 12.4. The predicted molar refractivity (Wildman–Crippen MR) is 67.4 cm³/mol. The molecule has 0 bridgehead atoms. The molecular weight excluding hydrogens is 198 g/mol. The van der Waals surface area contributed by atoms with Gasteiger partial charge in [0.2, 0.25) is 0 Å². The first-order valence-electron chi connectivity index (χ1n) is 6.78. The Hall–Kier alpha value is -0.0800. The molecule has 2 heteroatoms. The average molecular weight is 225 g/mol. The molecule has 0 aromatic heterocycles. The van der Waals surface area contributed by atoms with Crippen LogP contribution in [0.25, 0.3) is 0 Å². The molecule has 3 atom stereocenters. The van der Waals surface area contributed by atoms with Crippen LogP contribution in [-0.2, 0) is 0 Å². The summed E-state index contributed by atoms with van der Waals surface area (Å²) in [5, 5.41) is 13.6. The van der Waals surface area contributed by atoms with E-state index in [0.717, 1.165) is 6.42 Å². The van der Waals surface area contributed by atoms with Gasteiger partial charge in [-0.25, -0.2) is 0 Å². The van der Waals surface area contributed by atoms with Crippen LogP contribution < -0.4 is 5.32 Å². The van der Waals surface area contributed by atoms with Gasteiger partial charge in [0, 0.05) is 17.5 Å². The Kier molecular flexibility index (Phi) is 3.09. The fourth-order valence-corrected chi connectivity index (χ4v) is 3.23. The minimum absolute atomic E-state index is 0.0630. The average Bonchev–Trinajstić information content (AvgIpc) is 2.20. The van der Waals surface area contributed by atoms with Crippen LogP contribution in [0.15, 0.2) is 0 Å². The normalized spacial score (nSPS) is 41.4. The molecule has 16 heavy (non-hydrogen) atoms. The van der Waals surface area contributed by atoms with Gasteiger partial charge in [-0.05, 0) is 24.7 Å². The molecule has 0 amide bonds. The van der Waals surface area contributed by atoms with E-state index in [1.807, 2.05) is 0 Å². The molecule has 0 aromatic rings. The SMILES string of the molecule is CC1(C)CCCCC1NC1CC(O)C1(C)C. The summed E-state index contributed by atoms with van der Waals surface area (Å²) in [5.74, 6) is 0. The smallest absolute Gasteiger partial charge is 0.0621 e. The van der Waals surface area contributed by atoms with E-state index in [2.05, 4.69) is 33.0 Å². The fraction of sp³-hybridized carbons (Fsp3) is 1.00. The van der Waals surface area contributed by atoms with Gasteiger partial charge in [0.15, 0.2) is 0 Å². The molecular formula is C14H27NO. The van der Waals surface area contributed by atoms with Gasteiger partial charge in [-0.1, -0.05) is 40.5 Å². The quantitative estimate of drug-likeness (QED) is 0.757. The summed E-state index contributed by atoms with van der Waals surface area (Å²) in [5.41, 5.74) is 0.488. The van der Waals surface area contributed by atoms with Crippen molar-refractivity contribution in [2.75, 3.05) is 0 Å². The second kappa shape index (κ2) is 3.99. The first-order valence-corrected chi connectivity index (χ1v) is 6.78. The number of nitrogens with one attached hydrogen (secondary N) is 1. The Balaban J connectivity index is 1.95. The van der Waals surface area contributed by atoms with E-state index in [1.165, 1.54) is 25.7 Å². The van der Waals surface area contributed by atoms with Crippen molar-refractivity contribution < 1.29 is 5.11 Å². The molecule has 0 saturated heterocycles. The third-order valence-electron chi connectivity index (χ3n) is 5.13. The Bertz CT molecular complexity index is 259. The van der Waals surface area contributed by atoms with Crippen LogP contribution in [0.2, 0.25) is 0 Å². The van der Waals surface area contributed by atoms with Gasteiger partial charge in [0.05, 0.1) is 6.10 Å². The van der Waals surface area contributed by atoms with Crippen LogP contribution >= 0.6 is 0 Å². The lowest BCUT2D eigenvalue weighted by atomic mass is 9.63. The Morgan fingerprint density at radius 2 is 1.75 bits per heavy atom. The largest absolute Gasteiger partial charge is 0.392 e. The Morgan fingerprint density at radius 3 is 2.25 bits per heavy atom. The van der Waals surface area contributed by atoms with Crippen LogP contribution in [0.1, 0.15) is 59.8 Å². The molecule has 2 saturated carbocycles. The minimum atomic E-state index is -0.114. The third kappa shape index (κ3) is 2.02. The zero-order chi connectivity index (χ0) is 12.0. The Labute approximate surface area is 99.8 Å². The molecule has 2 fully saturated rings. The van der Waals surface area contributed by atoms with E-state index >= 15 is 0 Å². The van der Waals surface area contributed by atoms with Gasteiger partial charge in [-0.15, -0.1) is 0 Å². The molecule has 2 rings (SSSR count). The van der Waals surface area contributed by atoms with Crippen LogP contribution in [0.4, 0.5) is 0 Å². The maximum absolute atomic E-state index is 9.77. The number of hydrogen-bond donors (Lipinski definition) is 2. The lowest BCUT2D eigenvalue weighted by Gasteiger charge is -2.53. The number of aliphatic hydroxyl groups excluding tert-OH is 1. The van der Waals surface area contributed by atoms with E-state index in [-0.39, 0.29) is 11.5 Å². The van der Waals surface area contributed by atoms with Crippen LogP contribution in [0.3, 0.4) is 0 Å². The van der Waals surface area contributed by atoms with Gasteiger partial charge >= 0.3 is 0 Å². The fourth-order valence-electron chi connectivity index (χ4n) is 3.23. The summed E-state index contributed by atoms with van der Waals surface area (Å²) in [7, 11) is 0. The highest BCUT2D eigenvalue weighted by atomic mass is 16.3. The summed E-state index contributed by atoms with van der Waals surface area (Å²) in [6.07, 6.45) is 6.19. The van der Waals surface area contributed by atoms with Crippen molar-refractivity contribution in [3.63, 3.8) is 0 Å². The van der Waals surface area contributed by atoms with Crippen LogP contribution in [0, 0.1) is 10.8 Å². The van der Waals surface area contributed by atoms with E-state index in [0.29, 0.717) is 17.5 Å². The minimum Gasteiger partial charge on any atom is -0.392 e. The van der Waals surface area contributed by atoms with Crippen molar-refractivity contribution in [1.29, 1.82) is 0 Å². The first-order chi connectivity index (χ1) is 7.34. The van der Waals surface area contributed by atoms with Crippen LogP contribution in [-0.4, -0.2) is 23.3 Å². The monoisotopic (exact) mass is 225 g/mol. The maximum Gasteiger partial charge on any atom is 0.0621 e. The van der Waals surface area contributed by atoms with Crippen molar-refractivity contribution in [3.8, 4) is 0 Å². The molecule has 94 valence electrons. The molecule has 2 nitrogen and oxygen atoms in total. The van der Waals surface area contributed by atoms with E-state index < -0.39 is 0 Å². The second-order valence-corrected chi connectivity index (χ2v) is 7.08. The highest BCUT2D eigenvalue weighted by Gasteiger charge is 2.49. The lowest BCUT2D eigenvalue weighted by molar-refractivity contribution is -0.0825. The molecule has 0 spiro atoms. The topological polar surface area (TPSA) is 32.3 Å².